The largest absolute Gasteiger partial charge is 0.382 e. The molecule has 0 radical (unpaired) electrons. The monoisotopic (exact) mass is 465 g/mol. The Bertz CT molecular complexity index is 1280. The van der Waals surface area contributed by atoms with E-state index in [9.17, 15) is 18.0 Å². The van der Waals surface area contributed by atoms with Crippen LogP contribution in [0.25, 0.3) is 0 Å². The van der Waals surface area contributed by atoms with Crippen LogP contribution in [0.5, 0.6) is 0 Å². The summed E-state index contributed by atoms with van der Waals surface area (Å²) in [5.74, 6) is -0.965. The van der Waals surface area contributed by atoms with Crippen molar-refractivity contribution in [1.29, 1.82) is 0 Å². The van der Waals surface area contributed by atoms with Crippen LogP contribution in [0.1, 0.15) is 11.1 Å². The van der Waals surface area contributed by atoms with Crippen molar-refractivity contribution in [3.8, 4) is 0 Å². The summed E-state index contributed by atoms with van der Waals surface area (Å²) < 4.78 is 25.8. The molecule has 2 aromatic carbocycles. The Balaban J connectivity index is 1.49. The zero-order valence-corrected chi connectivity index (χ0v) is 18.8. The van der Waals surface area contributed by atoms with Crippen LogP contribution >= 0.6 is 0 Å². The van der Waals surface area contributed by atoms with Gasteiger partial charge in [0.25, 0.3) is 0 Å². The molecule has 1 saturated heterocycles. The maximum absolute atomic E-state index is 12.9. The van der Waals surface area contributed by atoms with E-state index in [4.69, 9.17) is 5.73 Å². The number of rotatable bonds is 6. The van der Waals surface area contributed by atoms with Gasteiger partial charge in [-0.1, -0.05) is 48.0 Å². The molecule has 2 amide bonds. The smallest absolute Gasteiger partial charge is 0.248 e. The van der Waals surface area contributed by atoms with Crippen molar-refractivity contribution in [2.24, 2.45) is 0 Å². The molecule has 0 saturated carbocycles. The van der Waals surface area contributed by atoms with E-state index in [2.05, 4.69) is 9.97 Å². The van der Waals surface area contributed by atoms with E-state index in [-0.39, 0.29) is 53.0 Å². The number of amides is 2. The average Bonchev–Trinajstić information content (AvgIpc) is 2.79. The Morgan fingerprint density at radius 3 is 2.21 bits per heavy atom. The first-order valence-electron chi connectivity index (χ1n) is 10.3. The summed E-state index contributed by atoms with van der Waals surface area (Å²) >= 11 is 0. The molecule has 1 aromatic heterocycles. The molecule has 0 bridgehead atoms. The van der Waals surface area contributed by atoms with Crippen LogP contribution in [0.3, 0.4) is 0 Å². The van der Waals surface area contributed by atoms with Gasteiger partial charge in [0.2, 0.25) is 27.6 Å². The molecule has 0 aliphatic carbocycles. The van der Waals surface area contributed by atoms with Gasteiger partial charge in [0.05, 0.1) is 11.1 Å². The number of nitrogens with zero attached hydrogens (tertiary/aromatic N) is 4. The molecule has 170 valence electrons. The summed E-state index contributed by atoms with van der Waals surface area (Å²) in [6, 6.07) is 15.9. The first-order chi connectivity index (χ1) is 15.8. The highest BCUT2D eigenvalue weighted by molar-refractivity contribution is 7.91. The predicted molar refractivity (Wildman–Crippen MR) is 122 cm³/mol. The Hall–Kier alpha value is -3.79. The summed E-state index contributed by atoms with van der Waals surface area (Å²) in [4.78, 5) is 35.9. The second-order valence-corrected chi connectivity index (χ2v) is 9.68. The number of imide groups is 1. The van der Waals surface area contributed by atoms with Crippen molar-refractivity contribution in [2.45, 2.75) is 23.1 Å². The van der Waals surface area contributed by atoms with E-state index in [1.54, 1.807) is 12.1 Å². The van der Waals surface area contributed by atoms with Gasteiger partial charge < -0.3 is 10.6 Å². The summed E-state index contributed by atoms with van der Waals surface area (Å²) in [7, 11) is -3.91. The SMILES string of the molecule is Cc1ccc(S(=O)(=O)c2cnc(N3CC(=O)N(CCc4ccccc4)C(=O)C3)nc2N)cc1. The van der Waals surface area contributed by atoms with Crippen molar-refractivity contribution >= 4 is 33.4 Å². The number of aryl methyl sites for hydroxylation is 1. The van der Waals surface area contributed by atoms with Crippen LogP contribution in [-0.2, 0) is 25.8 Å². The lowest BCUT2D eigenvalue weighted by molar-refractivity contribution is -0.145. The van der Waals surface area contributed by atoms with Crippen molar-refractivity contribution in [3.63, 3.8) is 0 Å². The van der Waals surface area contributed by atoms with Crippen molar-refractivity contribution in [1.82, 2.24) is 14.9 Å². The minimum atomic E-state index is -3.91. The molecule has 2 heterocycles. The first-order valence-corrected chi connectivity index (χ1v) is 11.8. The second kappa shape index (κ2) is 8.99. The standard InChI is InChI=1S/C23H23N5O4S/c1-16-7-9-18(10-8-16)33(31,32)19-13-25-23(26-22(19)24)27-14-20(29)28(21(30)15-27)12-11-17-5-3-2-4-6-17/h2-10,13H,11-12,14-15H2,1H3,(H2,24,25,26). The van der Waals surface area contributed by atoms with Crippen LogP contribution in [0.15, 0.2) is 70.6 Å². The molecular formula is C23H23N5O4S. The lowest BCUT2D eigenvalue weighted by Crippen LogP contribution is -2.55. The van der Waals surface area contributed by atoms with Gasteiger partial charge in [-0.2, -0.15) is 4.98 Å². The fourth-order valence-electron chi connectivity index (χ4n) is 3.55. The minimum absolute atomic E-state index is 0.0276. The van der Waals surface area contributed by atoms with E-state index >= 15 is 0 Å². The maximum atomic E-state index is 12.9. The number of carbonyl (C=O) groups is 2. The van der Waals surface area contributed by atoms with Crippen LogP contribution in [0.2, 0.25) is 0 Å². The van der Waals surface area contributed by atoms with Crippen LogP contribution in [0.4, 0.5) is 11.8 Å². The number of benzene rings is 2. The molecule has 0 spiro atoms. The molecule has 3 aromatic rings. The number of hydrogen-bond donors (Lipinski definition) is 1. The van der Waals surface area contributed by atoms with E-state index < -0.39 is 9.84 Å². The highest BCUT2D eigenvalue weighted by atomic mass is 32.2. The van der Waals surface area contributed by atoms with Gasteiger partial charge in [-0.3, -0.25) is 14.5 Å². The van der Waals surface area contributed by atoms with Crippen molar-refractivity contribution in [2.75, 3.05) is 30.3 Å². The molecule has 1 aliphatic rings. The fourth-order valence-corrected chi connectivity index (χ4v) is 4.81. The Morgan fingerprint density at radius 2 is 1.61 bits per heavy atom. The molecule has 0 unspecified atom stereocenters. The van der Waals surface area contributed by atoms with E-state index in [1.165, 1.54) is 21.9 Å². The topological polar surface area (TPSA) is 127 Å². The lowest BCUT2D eigenvalue weighted by Gasteiger charge is -2.32. The molecule has 10 heteroatoms. The second-order valence-electron chi connectivity index (χ2n) is 7.77. The van der Waals surface area contributed by atoms with Gasteiger partial charge in [0.1, 0.15) is 23.8 Å². The summed E-state index contributed by atoms with van der Waals surface area (Å²) in [6.07, 6.45) is 1.68. The Labute approximate surface area is 191 Å². The van der Waals surface area contributed by atoms with Gasteiger partial charge in [-0.05, 0) is 31.0 Å². The van der Waals surface area contributed by atoms with E-state index in [0.717, 1.165) is 17.3 Å². The third kappa shape index (κ3) is 4.70. The first kappa shape index (κ1) is 22.4. The molecule has 4 rings (SSSR count). The van der Waals surface area contributed by atoms with Crippen LogP contribution in [0, 0.1) is 6.92 Å². The third-order valence-electron chi connectivity index (χ3n) is 5.40. The molecular weight excluding hydrogens is 442 g/mol. The number of nitrogens with two attached hydrogens (primary N) is 1. The fraction of sp³-hybridized carbons (Fsp3) is 0.217. The highest BCUT2D eigenvalue weighted by Crippen LogP contribution is 2.26. The van der Waals surface area contributed by atoms with E-state index in [0.29, 0.717) is 6.42 Å². The van der Waals surface area contributed by atoms with E-state index in [1.807, 2.05) is 37.3 Å². The Morgan fingerprint density at radius 1 is 0.970 bits per heavy atom. The quantitative estimate of drug-likeness (QED) is 0.544. The predicted octanol–water partition coefficient (Wildman–Crippen LogP) is 1.62. The van der Waals surface area contributed by atoms with Crippen molar-refractivity contribution < 1.29 is 18.0 Å². The van der Waals surface area contributed by atoms with Crippen LogP contribution < -0.4 is 10.6 Å². The zero-order valence-electron chi connectivity index (χ0n) is 18.0. The van der Waals surface area contributed by atoms with Gasteiger partial charge in [-0.15, -0.1) is 0 Å². The summed E-state index contributed by atoms with van der Waals surface area (Å²) in [5.41, 5.74) is 7.90. The number of piperazine rings is 1. The Kier molecular flexibility index (Phi) is 6.10. The highest BCUT2D eigenvalue weighted by Gasteiger charge is 2.33. The summed E-state index contributed by atoms with van der Waals surface area (Å²) in [6.45, 7) is 1.92. The van der Waals surface area contributed by atoms with Gasteiger partial charge >= 0.3 is 0 Å². The number of carbonyl (C=O) groups excluding carboxylic acids is 2. The summed E-state index contributed by atoms with van der Waals surface area (Å²) in [5, 5.41) is 0. The number of hydrogen-bond acceptors (Lipinski definition) is 8. The van der Waals surface area contributed by atoms with Gasteiger partial charge in [0.15, 0.2) is 0 Å². The maximum Gasteiger partial charge on any atom is 0.248 e. The van der Waals surface area contributed by atoms with Gasteiger partial charge in [-0.25, -0.2) is 13.4 Å². The van der Waals surface area contributed by atoms with Gasteiger partial charge in [0, 0.05) is 6.54 Å². The zero-order chi connectivity index (χ0) is 23.6. The number of anilines is 2. The molecule has 33 heavy (non-hydrogen) atoms. The third-order valence-corrected chi connectivity index (χ3v) is 7.18. The molecule has 2 N–H and O–H groups in total. The molecule has 9 nitrogen and oxygen atoms in total. The van der Waals surface area contributed by atoms with Crippen LogP contribution in [-0.4, -0.2) is 54.7 Å². The average molecular weight is 466 g/mol. The normalized spacial score (nSPS) is 14.6. The number of aromatic nitrogens is 2. The molecule has 1 aliphatic heterocycles. The lowest BCUT2D eigenvalue weighted by atomic mass is 10.1. The number of sulfone groups is 1. The van der Waals surface area contributed by atoms with Crippen molar-refractivity contribution in [3.05, 3.63) is 71.9 Å². The minimum Gasteiger partial charge on any atom is -0.382 e. The molecule has 0 atom stereocenters. The molecule has 1 fully saturated rings. The number of nitrogen functional groups attached to an aromatic ring is 1.